The first-order valence-corrected chi connectivity index (χ1v) is 5.22. The number of aliphatic hydroxyl groups excluding tert-OH is 1. The molecule has 3 nitrogen and oxygen atoms in total. The molecule has 0 saturated heterocycles. The summed E-state index contributed by atoms with van der Waals surface area (Å²) in [6.45, 7) is 3.07. The third kappa shape index (κ3) is 3.23. The maximum Gasteiger partial charge on any atom is 0.256 e. The van der Waals surface area contributed by atoms with Crippen LogP contribution in [-0.4, -0.2) is 35.6 Å². The molecule has 0 aliphatic carbocycles. The Morgan fingerprint density at radius 1 is 1.41 bits per heavy atom. The Morgan fingerprint density at radius 2 is 2.00 bits per heavy atom. The number of nitrogens with zero attached hydrogens (tertiary/aromatic N) is 1. The molecule has 0 heterocycles. The summed E-state index contributed by atoms with van der Waals surface area (Å²) in [5, 5.41) is 9.14. The number of carbonyl (C=O) groups is 1. The van der Waals surface area contributed by atoms with Gasteiger partial charge in [-0.05, 0) is 25.5 Å². The van der Waals surface area contributed by atoms with Crippen LogP contribution < -0.4 is 0 Å². The first kappa shape index (κ1) is 13.6. The van der Waals surface area contributed by atoms with Gasteiger partial charge < -0.3 is 10.0 Å². The highest BCUT2D eigenvalue weighted by Gasteiger charge is 2.18. The molecular formula is C12H15F2NO2. The van der Waals surface area contributed by atoms with E-state index in [9.17, 15) is 13.6 Å². The normalized spacial score (nSPS) is 12.4. The molecule has 17 heavy (non-hydrogen) atoms. The van der Waals surface area contributed by atoms with Crippen LogP contribution in [0.25, 0.3) is 0 Å². The lowest BCUT2D eigenvalue weighted by Gasteiger charge is -2.19. The summed E-state index contributed by atoms with van der Waals surface area (Å²) in [5.41, 5.74) is 0.0206. The lowest BCUT2D eigenvalue weighted by Crippen LogP contribution is -2.33. The fourth-order valence-electron chi connectivity index (χ4n) is 1.51. The number of carbonyl (C=O) groups excluding carboxylic acids is 1. The zero-order valence-electron chi connectivity index (χ0n) is 10.00. The molecule has 1 aromatic carbocycles. The van der Waals surface area contributed by atoms with Crippen LogP contribution in [0.15, 0.2) is 12.1 Å². The molecule has 1 rings (SSSR count). The van der Waals surface area contributed by atoms with Gasteiger partial charge in [0.05, 0.1) is 11.7 Å². The molecule has 1 aromatic rings. The third-order valence-electron chi connectivity index (χ3n) is 2.36. The number of rotatable bonds is 3. The highest BCUT2D eigenvalue weighted by atomic mass is 19.1. The summed E-state index contributed by atoms with van der Waals surface area (Å²) in [5.74, 6) is -2.15. The summed E-state index contributed by atoms with van der Waals surface area (Å²) in [6.07, 6.45) is -0.700. The van der Waals surface area contributed by atoms with Crippen LogP contribution in [0, 0.1) is 18.6 Å². The minimum atomic E-state index is -0.893. The van der Waals surface area contributed by atoms with Gasteiger partial charge in [0.15, 0.2) is 0 Å². The summed E-state index contributed by atoms with van der Waals surface area (Å²) in [4.78, 5) is 13.0. The summed E-state index contributed by atoms with van der Waals surface area (Å²) in [7, 11) is 1.45. The average molecular weight is 243 g/mol. The molecule has 0 saturated carbocycles. The molecule has 0 fully saturated rings. The Kier molecular flexibility index (Phi) is 4.17. The SMILES string of the molecule is Cc1cc(C(=O)N(C)CC(C)O)c(F)cc1F. The van der Waals surface area contributed by atoms with E-state index in [0.29, 0.717) is 6.07 Å². The van der Waals surface area contributed by atoms with E-state index in [4.69, 9.17) is 5.11 Å². The van der Waals surface area contributed by atoms with E-state index in [-0.39, 0.29) is 17.7 Å². The van der Waals surface area contributed by atoms with Crippen LogP contribution in [0.1, 0.15) is 22.8 Å². The van der Waals surface area contributed by atoms with Crippen molar-refractivity contribution in [3.63, 3.8) is 0 Å². The van der Waals surface area contributed by atoms with Crippen molar-refractivity contribution >= 4 is 5.91 Å². The van der Waals surface area contributed by atoms with Gasteiger partial charge in [0, 0.05) is 19.7 Å². The summed E-state index contributed by atoms with van der Waals surface area (Å²) in [6, 6.07) is 1.87. The van der Waals surface area contributed by atoms with Crippen LogP contribution in [0.4, 0.5) is 8.78 Å². The smallest absolute Gasteiger partial charge is 0.256 e. The highest BCUT2D eigenvalue weighted by molar-refractivity contribution is 5.94. The molecule has 0 spiro atoms. The first-order valence-electron chi connectivity index (χ1n) is 5.22. The number of aliphatic hydroxyl groups is 1. The standard InChI is InChI=1S/C12H15F2NO2/c1-7-4-9(11(14)5-10(7)13)12(17)15(3)6-8(2)16/h4-5,8,16H,6H2,1-3H3. The van der Waals surface area contributed by atoms with Crippen LogP contribution >= 0.6 is 0 Å². The van der Waals surface area contributed by atoms with Gasteiger partial charge in [-0.3, -0.25) is 4.79 Å². The Bertz CT molecular complexity index is 433. The van der Waals surface area contributed by atoms with Gasteiger partial charge in [0.25, 0.3) is 5.91 Å². The Labute approximate surface area is 98.7 Å². The molecule has 0 bridgehead atoms. The average Bonchev–Trinajstić information content (AvgIpc) is 2.21. The molecule has 5 heteroatoms. The van der Waals surface area contributed by atoms with E-state index in [2.05, 4.69) is 0 Å². The molecule has 1 unspecified atom stereocenters. The quantitative estimate of drug-likeness (QED) is 0.878. The van der Waals surface area contributed by atoms with Gasteiger partial charge in [0.1, 0.15) is 11.6 Å². The van der Waals surface area contributed by atoms with Crippen molar-refractivity contribution < 1.29 is 18.7 Å². The topological polar surface area (TPSA) is 40.5 Å². The van der Waals surface area contributed by atoms with Crippen LogP contribution in [0.5, 0.6) is 0 Å². The molecule has 1 amide bonds. The Hall–Kier alpha value is -1.49. The van der Waals surface area contributed by atoms with E-state index >= 15 is 0 Å². The van der Waals surface area contributed by atoms with Crippen molar-refractivity contribution in [1.29, 1.82) is 0 Å². The monoisotopic (exact) mass is 243 g/mol. The molecular weight excluding hydrogens is 228 g/mol. The minimum Gasteiger partial charge on any atom is -0.392 e. The largest absolute Gasteiger partial charge is 0.392 e. The number of amides is 1. The van der Waals surface area contributed by atoms with E-state index in [1.54, 1.807) is 0 Å². The van der Waals surface area contributed by atoms with Crippen molar-refractivity contribution in [1.82, 2.24) is 4.90 Å². The second-order valence-electron chi connectivity index (χ2n) is 4.12. The van der Waals surface area contributed by atoms with Crippen molar-refractivity contribution in [3.05, 3.63) is 34.9 Å². The number of hydrogen-bond acceptors (Lipinski definition) is 2. The number of benzene rings is 1. The zero-order valence-corrected chi connectivity index (χ0v) is 10.00. The maximum atomic E-state index is 13.4. The number of likely N-dealkylation sites (N-methyl/N-ethyl adjacent to an activating group) is 1. The van der Waals surface area contributed by atoms with E-state index in [1.807, 2.05) is 0 Å². The maximum absolute atomic E-state index is 13.4. The first-order chi connectivity index (χ1) is 7.82. The molecule has 0 aliphatic heterocycles. The Morgan fingerprint density at radius 3 is 2.53 bits per heavy atom. The predicted octanol–water partition coefficient (Wildman–Crippen LogP) is 1.73. The summed E-state index contributed by atoms with van der Waals surface area (Å²) >= 11 is 0. The number of aryl methyl sites for hydroxylation is 1. The van der Waals surface area contributed by atoms with Crippen LogP contribution in [0.2, 0.25) is 0 Å². The highest BCUT2D eigenvalue weighted by Crippen LogP contribution is 2.15. The van der Waals surface area contributed by atoms with Crippen LogP contribution in [-0.2, 0) is 0 Å². The number of halogens is 2. The van der Waals surface area contributed by atoms with Crippen molar-refractivity contribution in [2.24, 2.45) is 0 Å². The Balaban J connectivity index is 3.00. The lowest BCUT2D eigenvalue weighted by atomic mass is 10.1. The van der Waals surface area contributed by atoms with Gasteiger partial charge in [-0.1, -0.05) is 0 Å². The van der Waals surface area contributed by atoms with Crippen molar-refractivity contribution in [3.8, 4) is 0 Å². The van der Waals surface area contributed by atoms with E-state index in [0.717, 1.165) is 0 Å². The van der Waals surface area contributed by atoms with Crippen molar-refractivity contribution in [2.75, 3.05) is 13.6 Å². The molecule has 1 atom stereocenters. The molecule has 94 valence electrons. The number of hydrogen-bond donors (Lipinski definition) is 1. The molecule has 0 aromatic heterocycles. The molecule has 0 aliphatic rings. The van der Waals surface area contributed by atoms with Crippen molar-refractivity contribution in [2.45, 2.75) is 20.0 Å². The summed E-state index contributed by atoms with van der Waals surface area (Å²) < 4.78 is 26.5. The van der Waals surface area contributed by atoms with Gasteiger partial charge in [0.2, 0.25) is 0 Å². The zero-order chi connectivity index (χ0) is 13.2. The van der Waals surface area contributed by atoms with Gasteiger partial charge >= 0.3 is 0 Å². The lowest BCUT2D eigenvalue weighted by molar-refractivity contribution is 0.0699. The fraction of sp³-hybridized carbons (Fsp3) is 0.417. The second kappa shape index (κ2) is 5.23. The van der Waals surface area contributed by atoms with Crippen LogP contribution in [0.3, 0.4) is 0 Å². The van der Waals surface area contributed by atoms with Gasteiger partial charge in [-0.15, -0.1) is 0 Å². The van der Waals surface area contributed by atoms with E-state index in [1.165, 1.54) is 31.9 Å². The minimum absolute atomic E-state index is 0.0920. The second-order valence-corrected chi connectivity index (χ2v) is 4.12. The van der Waals surface area contributed by atoms with Gasteiger partial charge in [-0.25, -0.2) is 8.78 Å². The fourth-order valence-corrected chi connectivity index (χ4v) is 1.51. The molecule has 0 radical (unpaired) electrons. The third-order valence-corrected chi connectivity index (χ3v) is 2.36. The van der Waals surface area contributed by atoms with Gasteiger partial charge in [-0.2, -0.15) is 0 Å². The molecule has 1 N–H and O–H groups in total. The van der Waals surface area contributed by atoms with E-state index < -0.39 is 23.6 Å². The predicted molar refractivity (Wildman–Crippen MR) is 59.7 cm³/mol.